The summed E-state index contributed by atoms with van der Waals surface area (Å²) in [5, 5.41) is 0.598. The normalized spacial score (nSPS) is 12.7. The Morgan fingerprint density at radius 3 is 2.71 bits per heavy atom. The molecular formula is C15H12Cl2N2OS. The van der Waals surface area contributed by atoms with E-state index in [1.807, 2.05) is 37.3 Å². The van der Waals surface area contributed by atoms with Gasteiger partial charge in [-0.25, -0.2) is 4.98 Å². The van der Waals surface area contributed by atoms with Crippen LogP contribution in [-0.4, -0.2) is 9.55 Å². The van der Waals surface area contributed by atoms with Crippen molar-refractivity contribution in [3.8, 4) is 0 Å². The van der Waals surface area contributed by atoms with Crippen LogP contribution in [0.4, 0.5) is 0 Å². The van der Waals surface area contributed by atoms with Crippen LogP contribution >= 0.6 is 34.5 Å². The molecule has 3 rings (SSSR count). The summed E-state index contributed by atoms with van der Waals surface area (Å²) in [7, 11) is 0. The van der Waals surface area contributed by atoms with Crippen molar-refractivity contribution in [2.24, 2.45) is 0 Å². The number of benzene rings is 1. The first-order valence-electron chi connectivity index (χ1n) is 6.43. The molecule has 0 saturated heterocycles. The molecule has 2 heterocycles. The zero-order valence-electron chi connectivity index (χ0n) is 11.2. The largest absolute Gasteiger partial charge is 0.287 e. The van der Waals surface area contributed by atoms with Gasteiger partial charge in [-0.2, -0.15) is 0 Å². The van der Waals surface area contributed by atoms with Gasteiger partial charge in [0.15, 0.2) is 0 Å². The smallest absolute Gasteiger partial charge is 0.262 e. The Labute approximate surface area is 135 Å². The first-order chi connectivity index (χ1) is 10.1. The summed E-state index contributed by atoms with van der Waals surface area (Å²) in [4.78, 5) is 18.3. The van der Waals surface area contributed by atoms with Crippen molar-refractivity contribution in [2.45, 2.75) is 18.8 Å². The maximum atomic E-state index is 12.8. The van der Waals surface area contributed by atoms with E-state index in [2.05, 4.69) is 4.98 Å². The van der Waals surface area contributed by atoms with Crippen LogP contribution in [0.15, 0.2) is 41.2 Å². The van der Waals surface area contributed by atoms with Crippen molar-refractivity contribution < 1.29 is 0 Å². The number of rotatable bonds is 3. The van der Waals surface area contributed by atoms with Gasteiger partial charge in [-0.1, -0.05) is 23.7 Å². The molecule has 0 saturated carbocycles. The van der Waals surface area contributed by atoms with Crippen LogP contribution in [0.25, 0.3) is 10.9 Å². The molecule has 108 valence electrons. The molecule has 3 nitrogen and oxygen atoms in total. The number of aromatic nitrogens is 2. The molecule has 0 N–H and O–H groups in total. The van der Waals surface area contributed by atoms with Crippen LogP contribution in [0.3, 0.4) is 0 Å². The molecule has 6 heteroatoms. The number of alkyl halides is 1. The molecule has 0 spiro atoms. The van der Waals surface area contributed by atoms with Crippen molar-refractivity contribution in [2.75, 3.05) is 0 Å². The molecule has 0 bridgehead atoms. The quantitative estimate of drug-likeness (QED) is 0.661. The van der Waals surface area contributed by atoms with Gasteiger partial charge in [-0.05, 0) is 31.2 Å². The summed E-state index contributed by atoms with van der Waals surface area (Å²) in [5.41, 5.74) is 0.596. The Kier molecular flexibility index (Phi) is 4.02. The second-order valence-electron chi connectivity index (χ2n) is 4.67. The zero-order chi connectivity index (χ0) is 15.0. The highest BCUT2D eigenvalue weighted by atomic mass is 35.5. The number of halogens is 2. The van der Waals surface area contributed by atoms with Gasteiger partial charge in [0, 0.05) is 4.88 Å². The first-order valence-corrected chi connectivity index (χ1v) is 8.16. The van der Waals surface area contributed by atoms with E-state index >= 15 is 0 Å². The van der Waals surface area contributed by atoms with E-state index < -0.39 is 0 Å². The minimum absolute atomic E-state index is 0.0757. The van der Waals surface area contributed by atoms with Crippen molar-refractivity contribution >= 4 is 45.4 Å². The van der Waals surface area contributed by atoms with Gasteiger partial charge >= 0.3 is 0 Å². The van der Waals surface area contributed by atoms with Crippen LogP contribution < -0.4 is 5.56 Å². The topological polar surface area (TPSA) is 34.9 Å². The summed E-state index contributed by atoms with van der Waals surface area (Å²) >= 11 is 13.4. The maximum Gasteiger partial charge on any atom is 0.262 e. The number of para-hydroxylation sites is 1. The Morgan fingerprint density at radius 2 is 2.05 bits per heavy atom. The summed E-state index contributed by atoms with van der Waals surface area (Å²) in [6.07, 6.45) is 0. The predicted octanol–water partition coefficient (Wildman–Crippen LogP) is 4.46. The first kappa shape index (κ1) is 14.6. The second kappa shape index (κ2) is 5.79. The van der Waals surface area contributed by atoms with Crippen molar-refractivity contribution in [1.82, 2.24) is 9.55 Å². The molecule has 3 aromatic rings. The summed E-state index contributed by atoms with van der Waals surface area (Å²) in [6, 6.07) is 10.9. The van der Waals surface area contributed by atoms with E-state index in [0.717, 1.165) is 4.88 Å². The zero-order valence-corrected chi connectivity index (χ0v) is 13.5. The Morgan fingerprint density at radius 1 is 1.29 bits per heavy atom. The molecule has 0 amide bonds. The molecule has 1 aromatic carbocycles. The highest BCUT2D eigenvalue weighted by molar-refractivity contribution is 7.16. The van der Waals surface area contributed by atoms with Crippen LogP contribution in [0.2, 0.25) is 4.34 Å². The minimum atomic E-state index is -0.152. The van der Waals surface area contributed by atoms with E-state index in [0.29, 0.717) is 21.1 Å². The number of hydrogen-bond acceptors (Lipinski definition) is 3. The fourth-order valence-electron chi connectivity index (χ4n) is 2.37. The summed E-state index contributed by atoms with van der Waals surface area (Å²) in [5.74, 6) is 0.751. The van der Waals surface area contributed by atoms with E-state index in [4.69, 9.17) is 23.2 Å². The standard InChI is InChI=1S/C15H12Cl2N2OS/c1-9(12-6-7-13(17)21-12)19-14(8-16)18-11-5-3-2-4-10(11)15(19)20/h2-7,9H,8H2,1H3. The fourth-order valence-corrected chi connectivity index (χ4v) is 3.66. The third-order valence-corrected chi connectivity index (χ3v) is 5.03. The fraction of sp³-hybridized carbons (Fsp3) is 0.200. The van der Waals surface area contributed by atoms with Crippen LogP contribution in [-0.2, 0) is 5.88 Å². The number of nitrogens with zero attached hydrogens (tertiary/aromatic N) is 2. The minimum Gasteiger partial charge on any atom is -0.287 e. The SMILES string of the molecule is CC(c1ccc(Cl)s1)n1c(CCl)nc2ccccc2c1=O. The molecule has 0 fully saturated rings. The molecule has 2 aromatic heterocycles. The highest BCUT2D eigenvalue weighted by Crippen LogP contribution is 2.29. The molecule has 0 aliphatic carbocycles. The molecule has 1 atom stereocenters. The van der Waals surface area contributed by atoms with Gasteiger partial charge in [0.05, 0.1) is 27.2 Å². The van der Waals surface area contributed by atoms with Gasteiger partial charge in [0.25, 0.3) is 5.56 Å². The molecule has 0 aliphatic heterocycles. The van der Waals surface area contributed by atoms with Gasteiger partial charge in [0.2, 0.25) is 0 Å². The van der Waals surface area contributed by atoms with Crippen molar-refractivity contribution in [3.05, 3.63) is 61.8 Å². The molecule has 1 unspecified atom stereocenters. The van der Waals surface area contributed by atoms with E-state index in [1.54, 1.807) is 10.6 Å². The van der Waals surface area contributed by atoms with E-state index in [-0.39, 0.29) is 17.5 Å². The maximum absolute atomic E-state index is 12.8. The molecule has 21 heavy (non-hydrogen) atoms. The van der Waals surface area contributed by atoms with Crippen molar-refractivity contribution in [1.29, 1.82) is 0 Å². The van der Waals surface area contributed by atoms with Crippen LogP contribution in [0.5, 0.6) is 0 Å². The van der Waals surface area contributed by atoms with E-state index in [9.17, 15) is 4.79 Å². The number of fused-ring (bicyclic) bond motifs is 1. The van der Waals surface area contributed by atoms with Crippen molar-refractivity contribution in [3.63, 3.8) is 0 Å². The molecular weight excluding hydrogens is 327 g/mol. The lowest BCUT2D eigenvalue weighted by Crippen LogP contribution is -2.27. The number of hydrogen-bond donors (Lipinski definition) is 0. The summed E-state index contributed by atoms with van der Waals surface area (Å²) in [6.45, 7) is 1.95. The van der Waals surface area contributed by atoms with Gasteiger partial charge < -0.3 is 0 Å². The lowest BCUT2D eigenvalue weighted by molar-refractivity contribution is 0.593. The van der Waals surface area contributed by atoms with Gasteiger partial charge in [-0.3, -0.25) is 9.36 Å². The van der Waals surface area contributed by atoms with Gasteiger partial charge in [0.1, 0.15) is 5.82 Å². The third-order valence-electron chi connectivity index (χ3n) is 3.39. The van der Waals surface area contributed by atoms with E-state index in [1.165, 1.54) is 11.3 Å². The third kappa shape index (κ3) is 2.59. The predicted molar refractivity (Wildman–Crippen MR) is 88.7 cm³/mol. The average molecular weight is 339 g/mol. The Hall–Kier alpha value is -1.36. The molecule has 0 radical (unpaired) electrons. The monoisotopic (exact) mass is 338 g/mol. The lowest BCUT2D eigenvalue weighted by atomic mass is 10.2. The molecule has 0 aliphatic rings. The Balaban J connectivity index is 2.25. The average Bonchev–Trinajstić information content (AvgIpc) is 2.93. The lowest BCUT2D eigenvalue weighted by Gasteiger charge is -2.17. The van der Waals surface area contributed by atoms with Gasteiger partial charge in [-0.15, -0.1) is 22.9 Å². The summed E-state index contributed by atoms with van der Waals surface area (Å²) < 4.78 is 2.35. The second-order valence-corrected chi connectivity index (χ2v) is 6.69. The van der Waals surface area contributed by atoms with Crippen LogP contribution in [0, 0.1) is 0 Å². The van der Waals surface area contributed by atoms with Crippen LogP contribution in [0.1, 0.15) is 23.7 Å². The highest BCUT2D eigenvalue weighted by Gasteiger charge is 2.18. The Bertz CT molecular complexity index is 856. The number of thiophene rings is 1.